The van der Waals surface area contributed by atoms with E-state index in [2.05, 4.69) is 33.5 Å². The number of hydrogen-bond acceptors (Lipinski definition) is 7. The van der Waals surface area contributed by atoms with Gasteiger partial charge in [0.1, 0.15) is 23.1 Å². The zero-order valence-corrected chi connectivity index (χ0v) is 18.8. The molecule has 4 N–H and O–H groups in total. The number of carbonyl (C=O) groups excluding carboxylic acids is 2. The minimum absolute atomic E-state index is 0.162. The minimum atomic E-state index is -0.449. The monoisotopic (exact) mass is 469 g/mol. The van der Waals surface area contributed by atoms with Crippen LogP contribution < -0.4 is 16.0 Å². The third-order valence-electron chi connectivity index (χ3n) is 5.31. The number of para-hydroxylation sites is 1. The van der Waals surface area contributed by atoms with Crippen LogP contribution in [0.15, 0.2) is 80.2 Å². The molecule has 2 aromatic heterocycles. The fourth-order valence-electron chi connectivity index (χ4n) is 3.63. The Morgan fingerprint density at radius 1 is 1.11 bits per heavy atom. The number of carbonyl (C=O) groups is 2. The fraction of sp³-hybridized carbons (Fsp3) is 0.0800. The molecule has 4 rings (SSSR count). The molecule has 0 bridgehead atoms. The molecular weight excluding hydrogens is 446 g/mol. The summed E-state index contributed by atoms with van der Waals surface area (Å²) in [6, 6.07) is 13.9. The van der Waals surface area contributed by atoms with Crippen LogP contribution in [0.2, 0.25) is 0 Å². The number of nitrogens with two attached hydrogens (primary N) is 1. The lowest BCUT2D eigenvalue weighted by Gasteiger charge is -2.20. The van der Waals surface area contributed by atoms with Crippen LogP contribution >= 0.6 is 0 Å². The molecule has 2 aromatic carbocycles. The summed E-state index contributed by atoms with van der Waals surface area (Å²) < 4.78 is 1.53. The van der Waals surface area contributed by atoms with Crippen molar-refractivity contribution in [1.29, 1.82) is 0 Å². The normalized spacial score (nSPS) is 10.6. The Bertz CT molecular complexity index is 1430. The van der Waals surface area contributed by atoms with E-state index in [9.17, 15) is 14.7 Å². The number of nitrogen functional groups attached to an aromatic ring is 1. The van der Waals surface area contributed by atoms with Crippen molar-refractivity contribution in [2.75, 3.05) is 22.5 Å². The van der Waals surface area contributed by atoms with Crippen molar-refractivity contribution in [3.05, 3.63) is 85.9 Å². The number of aromatic hydroxyl groups is 1. The first-order valence-corrected chi connectivity index (χ1v) is 10.7. The quantitative estimate of drug-likeness (QED) is 0.266. The molecule has 0 saturated carbocycles. The Balaban J connectivity index is 1.71. The molecule has 0 saturated heterocycles. The zero-order valence-electron chi connectivity index (χ0n) is 18.8. The smallest absolute Gasteiger partial charge is 0.250 e. The highest BCUT2D eigenvalue weighted by molar-refractivity contribution is 6.01. The van der Waals surface area contributed by atoms with Gasteiger partial charge < -0.3 is 21.1 Å². The zero-order chi connectivity index (χ0) is 24.9. The van der Waals surface area contributed by atoms with Crippen molar-refractivity contribution in [3.8, 4) is 11.4 Å². The number of anilines is 3. The maximum atomic E-state index is 12.5. The van der Waals surface area contributed by atoms with Crippen LogP contribution in [0.3, 0.4) is 0 Å². The molecule has 176 valence electrons. The standard InChI is InChI=1S/C25H23N7O3/c1-3-21(34)29-18-11-10-17(14-20(18)33)32-24-23(27-15-28-25(24)26)19(30-32)12-13-31(22(35)4-2)16-8-6-5-7-9-16/h3-11,14-15,33H,1-2,12-13H2,(H,29,34)(H2,26,27,28). The first kappa shape index (κ1) is 23.2. The molecule has 0 aliphatic carbocycles. The number of nitrogens with zero attached hydrogens (tertiary/aromatic N) is 5. The van der Waals surface area contributed by atoms with Crippen molar-refractivity contribution < 1.29 is 14.7 Å². The molecule has 10 heteroatoms. The Morgan fingerprint density at radius 3 is 2.57 bits per heavy atom. The van der Waals surface area contributed by atoms with Crippen molar-refractivity contribution in [2.45, 2.75) is 6.42 Å². The lowest BCUT2D eigenvalue weighted by atomic mass is 10.2. The van der Waals surface area contributed by atoms with Crippen LogP contribution in [-0.4, -0.2) is 43.2 Å². The Labute approximate surface area is 201 Å². The van der Waals surface area contributed by atoms with Gasteiger partial charge in [-0.3, -0.25) is 9.59 Å². The summed E-state index contributed by atoms with van der Waals surface area (Å²) in [6.45, 7) is 7.32. The van der Waals surface area contributed by atoms with E-state index in [-0.39, 0.29) is 23.2 Å². The summed E-state index contributed by atoms with van der Waals surface area (Å²) >= 11 is 0. The highest BCUT2D eigenvalue weighted by Crippen LogP contribution is 2.30. The van der Waals surface area contributed by atoms with Gasteiger partial charge in [-0.25, -0.2) is 14.6 Å². The van der Waals surface area contributed by atoms with Gasteiger partial charge in [0, 0.05) is 24.7 Å². The van der Waals surface area contributed by atoms with E-state index < -0.39 is 5.91 Å². The maximum absolute atomic E-state index is 12.5. The van der Waals surface area contributed by atoms with Crippen molar-refractivity contribution in [3.63, 3.8) is 0 Å². The van der Waals surface area contributed by atoms with Crippen molar-refractivity contribution >= 4 is 40.0 Å². The van der Waals surface area contributed by atoms with Crippen molar-refractivity contribution in [2.24, 2.45) is 0 Å². The van der Waals surface area contributed by atoms with Crippen LogP contribution in [0.4, 0.5) is 17.2 Å². The number of benzene rings is 2. The molecule has 0 fully saturated rings. The Hall–Kier alpha value is -4.99. The molecule has 35 heavy (non-hydrogen) atoms. The van der Waals surface area contributed by atoms with E-state index >= 15 is 0 Å². The molecule has 0 aliphatic rings. The second kappa shape index (κ2) is 9.87. The topological polar surface area (TPSA) is 139 Å². The number of phenols is 1. The summed E-state index contributed by atoms with van der Waals surface area (Å²) in [7, 11) is 0. The van der Waals surface area contributed by atoms with Crippen LogP contribution in [-0.2, 0) is 16.0 Å². The van der Waals surface area contributed by atoms with Gasteiger partial charge in [0.2, 0.25) is 11.8 Å². The van der Waals surface area contributed by atoms with Gasteiger partial charge in [0.25, 0.3) is 0 Å². The number of phenolic OH excluding ortho intramolecular Hbond substituents is 1. The first-order chi connectivity index (χ1) is 16.9. The maximum Gasteiger partial charge on any atom is 0.250 e. The molecule has 2 amide bonds. The fourth-order valence-corrected chi connectivity index (χ4v) is 3.63. The number of nitrogens with one attached hydrogen (secondary N) is 1. The van der Waals surface area contributed by atoms with Crippen LogP contribution in [0.1, 0.15) is 5.69 Å². The van der Waals surface area contributed by atoms with Gasteiger partial charge in [-0.05, 0) is 36.4 Å². The van der Waals surface area contributed by atoms with Crippen LogP contribution in [0.25, 0.3) is 16.7 Å². The van der Waals surface area contributed by atoms with Gasteiger partial charge in [-0.1, -0.05) is 31.4 Å². The molecule has 0 radical (unpaired) electrons. The molecule has 0 unspecified atom stereocenters. The highest BCUT2D eigenvalue weighted by Gasteiger charge is 2.20. The van der Waals surface area contributed by atoms with E-state index in [0.29, 0.717) is 35.4 Å². The molecular formula is C25H23N7O3. The van der Waals surface area contributed by atoms with Gasteiger partial charge in [-0.15, -0.1) is 0 Å². The van der Waals surface area contributed by atoms with E-state index in [4.69, 9.17) is 5.73 Å². The lowest BCUT2D eigenvalue weighted by molar-refractivity contribution is -0.114. The largest absolute Gasteiger partial charge is 0.506 e. The SMILES string of the molecule is C=CC(=O)Nc1ccc(-n2nc(CCN(C(=O)C=C)c3ccccc3)c3ncnc(N)c32)cc1O. The predicted molar refractivity (Wildman–Crippen MR) is 134 cm³/mol. The van der Waals surface area contributed by atoms with Gasteiger partial charge in [-0.2, -0.15) is 5.10 Å². The summed E-state index contributed by atoms with van der Waals surface area (Å²) in [4.78, 5) is 34.2. The number of hydrogen-bond donors (Lipinski definition) is 3. The molecule has 4 aromatic rings. The van der Waals surface area contributed by atoms with Crippen LogP contribution in [0, 0.1) is 0 Å². The summed E-state index contributed by atoms with van der Waals surface area (Å²) in [5, 5.41) is 17.6. The van der Waals surface area contributed by atoms with Crippen LogP contribution in [0.5, 0.6) is 5.75 Å². The molecule has 0 atom stereocenters. The Morgan fingerprint density at radius 2 is 1.89 bits per heavy atom. The third-order valence-corrected chi connectivity index (χ3v) is 5.31. The van der Waals surface area contributed by atoms with E-state index in [0.717, 1.165) is 11.8 Å². The lowest BCUT2D eigenvalue weighted by Crippen LogP contribution is -2.31. The number of amides is 2. The molecule has 0 aliphatic heterocycles. The minimum Gasteiger partial charge on any atom is -0.506 e. The average Bonchev–Trinajstić information content (AvgIpc) is 3.25. The molecule has 2 heterocycles. The van der Waals surface area contributed by atoms with E-state index in [1.165, 1.54) is 23.2 Å². The summed E-state index contributed by atoms with van der Waals surface area (Å²) in [5.41, 5.74) is 9.18. The first-order valence-electron chi connectivity index (χ1n) is 10.7. The number of rotatable bonds is 8. The average molecular weight is 470 g/mol. The highest BCUT2D eigenvalue weighted by atomic mass is 16.3. The van der Waals surface area contributed by atoms with Gasteiger partial charge >= 0.3 is 0 Å². The predicted octanol–water partition coefficient (Wildman–Crippen LogP) is 2.99. The van der Waals surface area contributed by atoms with Crippen molar-refractivity contribution in [1.82, 2.24) is 19.7 Å². The molecule has 10 nitrogen and oxygen atoms in total. The van der Waals surface area contributed by atoms with Gasteiger partial charge in [0.15, 0.2) is 5.82 Å². The number of aromatic nitrogens is 4. The van der Waals surface area contributed by atoms with Gasteiger partial charge in [0.05, 0.1) is 17.1 Å². The van der Waals surface area contributed by atoms with E-state index in [1.807, 2.05) is 30.3 Å². The Kier molecular flexibility index (Phi) is 6.54. The van der Waals surface area contributed by atoms with E-state index in [1.54, 1.807) is 17.0 Å². The summed E-state index contributed by atoms with van der Waals surface area (Å²) in [6.07, 6.45) is 4.09. The summed E-state index contributed by atoms with van der Waals surface area (Å²) in [5.74, 6) is -0.643. The number of fused-ring (bicyclic) bond motifs is 1. The third kappa shape index (κ3) is 4.71. The molecule has 0 spiro atoms. The second-order valence-corrected chi connectivity index (χ2v) is 7.49. The second-order valence-electron chi connectivity index (χ2n) is 7.49.